The first-order chi connectivity index (χ1) is 10.6. The molecule has 0 fully saturated rings. The predicted molar refractivity (Wildman–Crippen MR) is 79.1 cm³/mol. The zero-order valence-corrected chi connectivity index (χ0v) is 12.2. The Balaban J connectivity index is 2.04. The molecular formula is C17H17FO4. The van der Waals surface area contributed by atoms with Crippen molar-refractivity contribution >= 4 is 5.78 Å². The van der Waals surface area contributed by atoms with Gasteiger partial charge in [0.2, 0.25) is 12.1 Å². The smallest absolute Gasteiger partial charge is 0.221 e. The Morgan fingerprint density at radius 3 is 2.59 bits per heavy atom. The number of ketones is 1. The Hall–Kier alpha value is -2.24. The molecule has 1 atom stereocenters. The zero-order chi connectivity index (χ0) is 15.9. The van der Waals surface area contributed by atoms with Crippen LogP contribution in [0.2, 0.25) is 0 Å². The van der Waals surface area contributed by atoms with Crippen molar-refractivity contribution < 1.29 is 23.8 Å². The third kappa shape index (κ3) is 4.13. The van der Waals surface area contributed by atoms with Crippen molar-refractivity contribution in [2.24, 2.45) is 0 Å². The fourth-order valence-corrected chi connectivity index (χ4v) is 1.89. The molecule has 0 radical (unpaired) electrons. The van der Waals surface area contributed by atoms with Gasteiger partial charge in [-0.3, -0.25) is 4.79 Å². The minimum absolute atomic E-state index is 0.160. The summed E-state index contributed by atoms with van der Waals surface area (Å²) in [6.45, 7) is 2.09. The van der Waals surface area contributed by atoms with Gasteiger partial charge in [0.15, 0.2) is 0 Å². The van der Waals surface area contributed by atoms with E-state index in [1.165, 1.54) is 12.1 Å². The van der Waals surface area contributed by atoms with Gasteiger partial charge in [-0.05, 0) is 24.6 Å². The van der Waals surface area contributed by atoms with Crippen LogP contribution in [0.25, 0.3) is 0 Å². The molecule has 0 aromatic heterocycles. The van der Waals surface area contributed by atoms with Crippen LogP contribution in [0.1, 0.15) is 22.8 Å². The van der Waals surface area contributed by atoms with Crippen LogP contribution in [0, 0.1) is 5.82 Å². The number of benzene rings is 2. The summed E-state index contributed by atoms with van der Waals surface area (Å²) >= 11 is 0. The minimum atomic E-state index is -1.66. The molecule has 0 amide bonds. The van der Waals surface area contributed by atoms with Gasteiger partial charge >= 0.3 is 0 Å². The molecule has 0 heterocycles. The van der Waals surface area contributed by atoms with Crippen LogP contribution in [0.15, 0.2) is 48.5 Å². The van der Waals surface area contributed by atoms with E-state index >= 15 is 0 Å². The molecule has 1 unspecified atom stereocenters. The van der Waals surface area contributed by atoms with Gasteiger partial charge < -0.3 is 14.6 Å². The molecule has 1 N–H and O–H groups in total. The van der Waals surface area contributed by atoms with Crippen LogP contribution < -0.4 is 4.74 Å². The Morgan fingerprint density at radius 1 is 1.23 bits per heavy atom. The number of ether oxygens (including phenoxy) is 2. The first kappa shape index (κ1) is 16.1. The lowest BCUT2D eigenvalue weighted by atomic mass is 10.1. The quantitative estimate of drug-likeness (QED) is 0.631. The van der Waals surface area contributed by atoms with E-state index in [1.54, 1.807) is 6.92 Å². The maximum absolute atomic E-state index is 14.0. The lowest BCUT2D eigenvalue weighted by Crippen LogP contribution is -2.24. The summed E-state index contributed by atoms with van der Waals surface area (Å²) in [5, 5.41) is 9.45. The van der Waals surface area contributed by atoms with Crippen molar-refractivity contribution in [3.05, 3.63) is 65.5 Å². The second kappa shape index (κ2) is 7.68. The molecule has 0 saturated carbocycles. The zero-order valence-electron chi connectivity index (χ0n) is 12.2. The number of aliphatic hydroxyl groups excluding tert-OH is 1. The normalized spacial score (nSPS) is 12.0. The SMILES string of the molecule is CCOC(O)C(=O)c1ccc(OCc2ccccc2)cc1F. The Bertz CT molecular complexity index is 628. The molecule has 116 valence electrons. The molecule has 22 heavy (non-hydrogen) atoms. The molecule has 2 rings (SSSR count). The Morgan fingerprint density at radius 2 is 1.95 bits per heavy atom. The second-order valence-electron chi connectivity index (χ2n) is 4.59. The number of hydrogen-bond donors (Lipinski definition) is 1. The molecule has 2 aromatic rings. The third-order valence-electron chi connectivity index (χ3n) is 3.00. The van der Waals surface area contributed by atoms with Crippen LogP contribution >= 0.6 is 0 Å². The average molecular weight is 304 g/mol. The summed E-state index contributed by atoms with van der Waals surface area (Å²) in [6.07, 6.45) is -1.66. The summed E-state index contributed by atoms with van der Waals surface area (Å²) in [6, 6.07) is 13.3. The summed E-state index contributed by atoms with van der Waals surface area (Å²) in [5.41, 5.74) is 0.725. The van der Waals surface area contributed by atoms with E-state index < -0.39 is 17.9 Å². The van der Waals surface area contributed by atoms with Crippen LogP contribution in [0.4, 0.5) is 4.39 Å². The predicted octanol–water partition coefficient (Wildman–Crippen LogP) is 2.94. The summed E-state index contributed by atoms with van der Waals surface area (Å²) in [4.78, 5) is 11.8. The lowest BCUT2D eigenvalue weighted by molar-refractivity contribution is -0.0676. The monoisotopic (exact) mass is 304 g/mol. The Labute approximate surface area is 128 Å². The molecule has 4 nitrogen and oxygen atoms in total. The fourth-order valence-electron chi connectivity index (χ4n) is 1.89. The first-order valence-corrected chi connectivity index (χ1v) is 6.92. The maximum Gasteiger partial charge on any atom is 0.221 e. The second-order valence-corrected chi connectivity index (χ2v) is 4.59. The van der Waals surface area contributed by atoms with Crippen LogP contribution in [0.3, 0.4) is 0 Å². The minimum Gasteiger partial charge on any atom is -0.489 e. The first-order valence-electron chi connectivity index (χ1n) is 6.92. The highest BCUT2D eigenvalue weighted by Gasteiger charge is 2.21. The van der Waals surface area contributed by atoms with Crippen molar-refractivity contribution in [3.8, 4) is 5.75 Å². The molecule has 0 aliphatic rings. The molecule has 0 aliphatic heterocycles. The maximum atomic E-state index is 14.0. The number of hydrogen-bond acceptors (Lipinski definition) is 4. The standard InChI is InChI=1S/C17H17FO4/c1-2-21-17(20)16(19)14-9-8-13(10-15(14)18)22-11-12-6-4-3-5-7-12/h3-10,17,20H,2,11H2,1H3. The van der Waals surface area contributed by atoms with Crippen molar-refractivity contribution in [3.63, 3.8) is 0 Å². The van der Waals surface area contributed by atoms with E-state index in [0.29, 0.717) is 12.4 Å². The highest BCUT2D eigenvalue weighted by Crippen LogP contribution is 2.19. The van der Waals surface area contributed by atoms with E-state index in [0.717, 1.165) is 11.6 Å². The largest absolute Gasteiger partial charge is 0.489 e. The molecule has 0 saturated heterocycles. The highest BCUT2D eigenvalue weighted by molar-refractivity contribution is 5.98. The van der Waals surface area contributed by atoms with Gasteiger partial charge in [0, 0.05) is 12.7 Å². The molecule has 0 bridgehead atoms. The summed E-state index contributed by atoms with van der Waals surface area (Å²) in [7, 11) is 0. The number of carbonyl (C=O) groups is 1. The van der Waals surface area contributed by atoms with E-state index in [1.807, 2.05) is 30.3 Å². The number of Topliss-reactive ketones (excluding diaryl/α,β-unsaturated/α-hetero) is 1. The molecular weight excluding hydrogens is 287 g/mol. The van der Waals surface area contributed by atoms with Crippen LogP contribution in [0.5, 0.6) is 5.75 Å². The Kier molecular flexibility index (Phi) is 5.63. The van der Waals surface area contributed by atoms with Gasteiger partial charge in [0.1, 0.15) is 18.2 Å². The lowest BCUT2D eigenvalue weighted by Gasteiger charge is -2.11. The topological polar surface area (TPSA) is 55.8 Å². The van der Waals surface area contributed by atoms with Gasteiger partial charge in [-0.25, -0.2) is 4.39 Å². The van der Waals surface area contributed by atoms with E-state index in [9.17, 15) is 14.3 Å². The van der Waals surface area contributed by atoms with Crippen molar-refractivity contribution in [1.29, 1.82) is 0 Å². The third-order valence-corrected chi connectivity index (χ3v) is 3.00. The van der Waals surface area contributed by atoms with Crippen molar-refractivity contribution in [1.82, 2.24) is 0 Å². The van der Waals surface area contributed by atoms with Crippen LogP contribution in [-0.4, -0.2) is 23.8 Å². The van der Waals surface area contributed by atoms with Gasteiger partial charge in [-0.15, -0.1) is 0 Å². The van der Waals surface area contributed by atoms with Gasteiger partial charge in [0.25, 0.3) is 0 Å². The van der Waals surface area contributed by atoms with E-state index in [-0.39, 0.29) is 12.2 Å². The highest BCUT2D eigenvalue weighted by atomic mass is 19.1. The van der Waals surface area contributed by atoms with Crippen molar-refractivity contribution in [2.45, 2.75) is 19.8 Å². The fraction of sp³-hybridized carbons (Fsp3) is 0.235. The van der Waals surface area contributed by atoms with Gasteiger partial charge in [-0.1, -0.05) is 30.3 Å². The average Bonchev–Trinajstić information content (AvgIpc) is 2.53. The van der Waals surface area contributed by atoms with E-state index in [4.69, 9.17) is 9.47 Å². The molecule has 2 aromatic carbocycles. The summed E-state index contributed by atoms with van der Waals surface area (Å²) < 4.78 is 24.2. The van der Waals surface area contributed by atoms with Gasteiger partial charge in [-0.2, -0.15) is 0 Å². The molecule has 0 spiro atoms. The van der Waals surface area contributed by atoms with Crippen LogP contribution in [-0.2, 0) is 11.3 Å². The van der Waals surface area contributed by atoms with Gasteiger partial charge in [0.05, 0.1) is 5.56 Å². The molecule has 5 heteroatoms. The number of rotatable bonds is 7. The van der Waals surface area contributed by atoms with Crippen molar-refractivity contribution in [2.75, 3.05) is 6.61 Å². The molecule has 0 aliphatic carbocycles. The van der Waals surface area contributed by atoms with E-state index in [2.05, 4.69) is 0 Å². The number of carbonyl (C=O) groups excluding carboxylic acids is 1. The number of aliphatic hydroxyl groups is 1. The summed E-state index contributed by atoms with van der Waals surface area (Å²) in [5.74, 6) is -1.26. The number of halogens is 1.